The maximum atomic E-state index is 12.8. The Hall–Kier alpha value is -3.02. The molecule has 33 heavy (non-hydrogen) atoms. The van der Waals surface area contributed by atoms with Crippen molar-refractivity contribution in [1.82, 2.24) is 10.3 Å². The molecule has 2 aromatic heterocycles. The van der Waals surface area contributed by atoms with Crippen LogP contribution < -0.4 is 10.6 Å². The summed E-state index contributed by atoms with van der Waals surface area (Å²) in [6.07, 6.45) is 3.76. The van der Waals surface area contributed by atoms with Crippen LogP contribution in [0.2, 0.25) is 0 Å². The Balaban J connectivity index is 1.62. The molecule has 1 aliphatic heterocycles. The molecule has 3 N–H and O–H groups in total. The van der Waals surface area contributed by atoms with E-state index >= 15 is 0 Å². The van der Waals surface area contributed by atoms with Crippen molar-refractivity contribution < 1.29 is 24.3 Å². The minimum Gasteiger partial charge on any atom is -0.459 e. The molecule has 0 radical (unpaired) electrons. The summed E-state index contributed by atoms with van der Waals surface area (Å²) in [5.74, 6) is 0.275. The van der Waals surface area contributed by atoms with Crippen LogP contribution >= 0.6 is 11.3 Å². The molecule has 3 heterocycles. The molecule has 11 heteroatoms. The van der Waals surface area contributed by atoms with E-state index in [2.05, 4.69) is 15.6 Å². The van der Waals surface area contributed by atoms with E-state index in [-0.39, 0.29) is 35.8 Å². The van der Waals surface area contributed by atoms with Gasteiger partial charge in [0.15, 0.2) is 5.76 Å². The summed E-state index contributed by atoms with van der Waals surface area (Å²) in [6, 6.07) is 6.88. The molecular formula is C22H28N4O6S. The zero-order chi connectivity index (χ0) is 23.6. The number of nitro groups is 1. The number of hydrogen-bond acceptors (Lipinski definition) is 9. The normalized spacial score (nSPS) is 19.9. The van der Waals surface area contributed by atoms with Crippen molar-refractivity contribution in [3.63, 3.8) is 0 Å². The van der Waals surface area contributed by atoms with Crippen LogP contribution in [0.3, 0.4) is 0 Å². The number of allylic oxidation sites excluding steroid dienone is 1. The number of nitrogens with zero attached hydrogens (tertiary/aromatic N) is 2. The van der Waals surface area contributed by atoms with Crippen LogP contribution in [0.4, 0.5) is 11.5 Å². The van der Waals surface area contributed by atoms with Crippen molar-refractivity contribution in [2.24, 2.45) is 5.92 Å². The van der Waals surface area contributed by atoms with Gasteiger partial charge in [-0.3, -0.25) is 14.9 Å². The first-order valence-corrected chi connectivity index (χ1v) is 11.7. The molecule has 0 saturated heterocycles. The number of nitrogens with one attached hydrogen (secondary N) is 2. The van der Waals surface area contributed by atoms with Crippen LogP contribution in [-0.2, 0) is 14.3 Å². The zero-order valence-corrected chi connectivity index (χ0v) is 19.1. The molecule has 0 aromatic carbocycles. The van der Waals surface area contributed by atoms with Crippen molar-refractivity contribution in [2.45, 2.75) is 32.0 Å². The Morgan fingerprint density at radius 3 is 2.85 bits per heavy atom. The minimum absolute atomic E-state index is 0.0119. The van der Waals surface area contributed by atoms with Gasteiger partial charge in [0.1, 0.15) is 12.0 Å². The fourth-order valence-electron chi connectivity index (χ4n) is 3.63. The first-order chi connectivity index (χ1) is 16.0. The highest BCUT2D eigenvalue weighted by atomic mass is 32.1. The number of carbonyl (C=O) groups excluding carboxylic acids is 1. The van der Waals surface area contributed by atoms with E-state index in [0.717, 1.165) is 4.88 Å². The summed E-state index contributed by atoms with van der Waals surface area (Å²) in [5.41, 5.74) is -0.0864. The Kier molecular flexibility index (Phi) is 9.16. The first kappa shape index (κ1) is 24.6. The molecule has 178 valence electrons. The molecule has 10 nitrogen and oxygen atoms in total. The number of anilines is 1. The van der Waals surface area contributed by atoms with E-state index in [0.29, 0.717) is 38.4 Å². The molecule has 3 atom stereocenters. The van der Waals surface area contributed by atoms with E-state index in [1.54, 1.807) is 11.3 Å². The maximum Gasteiger partial charge on any atom is 0.287 e. The van der Waals surface area contributed by atoms with Gasteiger partial charge in [-0.15, -0.1) is 11.3 Å². The number of aliphatic hydroxyl groups excluding tert-OH is 1. The maximum absolute atomic E-state index is 12.8. The Labute approximate surface area is 195 Å². The van der Waals surface area contributed by atoms with Gasteiger partial charge in [0.2, 0.25) is 6.29 Å². The van der Waals surface area contributed by atoms with E-state index < -0.39 is 11.2 Å². The number of aromatic nitrogens is 1. The fourth-order valence-corrected chi connectivity index (χ4v) is 4.50. The van der Waals surface area contributed by atoms with Crippen LogP contribution in [0, 0.1) is 16.0 Å². The van der Waals surface area contributed by atoms with Gasteiger partial charge in [-0.1, -0.05) is 6.07 Å². The van der Waals surface area contributed by atoms with Gasteiger partial charge in [0.05, 0.1) is 4.92 Å². The summed E-state index contributed by atoms with van der Waals surface area (Å²) in [6.45, 7) is 3.09. The molecule has 1 amide bonds. The van der Waals surface area contributed by atoms with Crippen molar-refractivity contribution in [3.8, 4) is 0 Å². The van der Waals surface area contributed by atoms with Crippen molar-refractivity contribution >= 4 is 28.7 Å². The number of amides is 1. The molecule has 0 aliphatic carbocycles. The van der Waals surface area contributed by atoms with Crippen molar-refractivity contribution in [2.75, 3.05) is 31.6 Å². The number of pyridine rings is 1. The number of aliphatic hydroxyl groups is 1. The Bertz CT molecular complexity index is 935. The van der Waals surface area contributed by atoms with Crippen molar-refractivity contribution in [3.05, 3.63) is 62.7 Å². The zero-order valence-electron chi connectivity index (χ0n) is 18.3. The molecule has 0 saturated carbocycles. The highest BCUT2D eigenvalue weighted by Gasteiger charge is 2.38. The van der Waals surface area contributed by atoms with Gasteiger partial charge in [-0.05, 0) is 43.4 Å². The summed E-state index contributed by atoms with van der Waals surface area (Å²) in [4.78, 5) is 28.1. The second-order valence-electron chi connectivity index (χ2n) is 7.38. The smallest absolute Gasteiger partial charge is 0.287 e. The average molecular weight is 477 g/mol. The topological polar surface area (TPSA) is 136 Å². The van der Waals surface area contributed by atoms with Crippen LogP contribution in [0.1, 0.15) is 30.6 Å². The molecule has 0 spiro atoms. The van der Waals surface area contributed by atoms with Gasteiger partial charge in [0.25, 0.3) is 11.6 Å². The second-order valence-corrected chi connectivity index (χ2v) is 8.36. The van der Waals surface area contributed by atoms with Crippen LogP contribution in [0.25, 0.3) is 0 Å². The van der Waals surface area contributed by atoms with Crippen LogP contribution in [0.5, 0.6) is 0 Å². The van der Waals surface area contributed by atoms with Crippen molar-refractivity contribution in [1.29, 1.82) is 0 Å². The molecule has 3 rings (SSSR count). The number of rotatable bonds is 12. The monoisotopic (exact) mass is 476 g/mol. The lowest BCUT2D eigenvalue weighted by atomic mass is 9.84. The summed E-state index contributed by atoms with van der Waals surface area (Å²) < 4.78 is 11.8. The quantitative estimate of drug-likeness (QED) is 0.242. The van der Waals surface area contributed by atoms with Gasteiger partial charge in [0, 0.05) is 49.1 Å². The van der Waals surface area contributed by atoms with Gasteiger partial charge >= 0.3 is 0 Å². The van der Waals surface area contributed by atoms with E-state index in [1.807, 2.05) is 30.5 Å². The second kappa shape index (κ2) is 12.3. The molecule has 0 unspecified atom stereocenters. The Morgan fingerprint density at radius 2 is 2.21 bits per heavy atom. The lowest BCUT2D eigenvalue weighted by Gasteiger charge is -2.36. The highest BCUT2D eigenvalue weighted by Crippen LogP contribution is 2.40. The lowest BCUT2D eigenvalue weighted by Crippen LogP contribution is -2.39. The van der Waals surface area contributed by atoms with Gasteiger partial charge < -0.3 is 25.2 Å². The number of ether oxygens (including phenoxy) is 2. The number of carbonyl (C=O) groups is 1. The van der Waals surface area contributed by atoms with Crippen LogP contribution in [0.15, 0.2) is 47.7 Å². The fraction of sp³-hybridized carbons (Fsp3) is 0.455. The molecular weight excluding hydrogens is 448 g/mol. The molecule has 0 fully saturated rings. The lowest BCUT2D eigenvalue weighted by molar-refractivity contribution is -0.385. The van der Waals surface area contributed by atoms with Crippen LogP contribution in [-0.4, -0.2) is 53.5 Å². The molecule has 1 aliphatic rings. The first-order valence-electron chi connectivity index (χ1n) is 10.8. The average Bonchev–Trinajstić information content (AvgIpc) is 3.36. The third-order valence-corrected chi connectivity index (χ3v) is 6.16. The predicted molar refractivity (Wildman–Crippen MR) is 124 cm³/mol. The largest absolute Gasteiger partial charge is 0.459 e. The third-order valence-electron chi connectivity index (χ3n) is 5.18. The molecule has 0 bridgehead atoms. The van der Waals surface area contributed by atoms with E-state index in [9.17, 15) is 20.0 Å². The summed E-state index contributed by atoms with van der Waals surface area (Å²) in [5, 5.41) is 27.8. The van der Waals surface area contributed by atoms with Gasteiger partial charge in [-0.2, -0.15) is 0 Å². The SMILES string of the molecule is CCO[C@@H]1OC(C(=O)NCCNc2ccc([N+](=O)[O-])cn2)=C[C@H](c2cccs2)[C@@H]1CCCO. The summed E-state index contributed by atoms with van der Waals surface area (Å²) in [7, 11) is 0. The third kappa shape index (κ3) is 6.73. The number of hydrogen-bond donors (Lipinski definition) is 3. The Morgan fingerprint density at radius 1 is 1.36 bits per heavy atom. The number of thiophene rings is 1. The minimum atomic E-state index is -0.582. The predicted octanol–water partition coefficient (Wildman–Crippen LogP) is 3.03. The molecule has 2 aromatic rings. The standard InChI is InChI=1S/C22H28N4O6S/c1-2-31-22-16(5-3-11-27)17(19-6-4-12-33-19)13-18(32-22)21(28)24-10-9-23-20-8-7-15(14-25-20)26(29)30/h4,6-8,12-14,16-17,22,27H,2-3,5,9-11H2,1H3,(H,23,25)(H,24,28)/t16-,17-,22+/m0/s1. The summed E-state index contributed by atoms with van der Waals surface area (Å²) >= 11 is 1.61. The van der Waals surface area contributed by atoms with E-state index in [4.69, 9.17) is 9.47 Å². The van der Waals surface area contributed by atoms with Gasteiger partial charge in [-0.25, -0.2) is 4.98 Å². The van der Waals surface area contributed by atoms with E-state index in [1.165, 1.54) is 18.3 Å². The highest BCUT2D eigenvalue weighted by molar-refractivity contribution is 7.10.